The second-order valence-electron chi connectivity index (χ2n) is 6.29. The van der Waals surface area contributed by atoms with Crippen molar-refractivity contribution < 1.29 is 23.5 Å². The van der Waals surface area contributed by atoms with Crippen LogP contribution in [-0.2, 0) is 16.1 Å². The van der Waals surface area contributed by atoms with E-state index in [0.29, 0.717) is 18.4 Å². The Hall–Kier alpha value is -2.51. The van der Waals surface area contributed by atoms with Gasteiger partial charge in [0.15, 0.2) is 0 Å². The van der Waals surface area contributed by atoms with E-state index in [1.165, 1.54) is 41.3 Å². The molecular formula is C20H21ClF2N2O3. The van der Waals surface area contributed by atoms with E-state index in [9.17, 15) is 23.5 Å². The van der Waals surface area contributed by atoms with Crippen LogP contribution in [0.2, 0.25) is 5.02 Å². The maximum absolute atomic E-state index is 14.1. The van der Waals surface area contributed by atoms with E-state index >= 15 is 0 Å². The third-order valence-corrected chi connectivity index (χ3v) is 4.43. The Bertz CT molecular complexity index is 818. The van der Waals surface area contributed by atoms with Crippen LogP contribution in [0.5, 0.6) is 0 Å². The maximum Gasteiger partial charge on any atom is 0.243 e. The molecule has 2 aromatic carbocycles. The Morgan fingerprint density at radius 3 is 2.46 bits per heavy atom. The molecule has 5 nitrogen and oxygen atoms in total. The zero-order valence-electron chi connectivity index (χ0n) is 15.3. The summed E-state index contributed by atoms with van der Waals surface area (Å²) in [4.78, 5) is 26.5. The van der Waals surface area contributed by atoms with Crippen LogP contribution >= 0.6 is 11.6 Å². The fraction of sp³-hybridized carbons (Fsp3) is 0.300. The summed E-state index contributed by atoms with van der Waals surface area (Å²) in [5, 5.41) is 10.1. The Labute approximate surface area is 167 Å². The number of carbonyl (C=O) groups is 2. The maximum atomic E-state index is 14.1. The predicted molar refractivity (Wildman–Crippen MR) is 103 cm³/mol. The van der Waals surface area contributed by atoms with Gasteiger partial charge in [0.25, 0.3) is 0 Å². The smallest absolute Gasteiger partial charge is 0.243 e. The van der Waals surface area contributed by atoms with Crippen molar-refractivity contribution in [3.05, 3.63) is 64.7 Å². The number of amides is 2. The van der Waals surface area contributed by atoms with Gasteiger partial charge in [-0.1, -0.05) is 30.7 Å². The number of benzene rings is 2. The summed E-state index contributed by atoms with van der Waals surface area (Å²) in [6.45, 7) is 1.50. The lowest BCUT2D eigenvalue weighted by Gasteiger charge is -2.27. The number of anilines is 1. The molecule has 1 atom stereocenters. The minimum Gasteiger partial charge on any atom is -0.391 e. The molecule has 0 aliphatic rings. The molecule has 2 amide bonds. The van der Waals surface area contributed by atoms with Crippen molar-refractivity contribution >= 4 is 29.6 Å². The van der Waals surface area contributed by atoms with E-state index in [1.807, 2.05) is 0 Å². The Kier molecular flexibility index (Phi) is 7.90. The zero-order chi connectivity index (χ0) is 20.7. The molecule has 0 fully saturated rings. The molecule has 0 spiro atoms. The number of aliphatic hydroxyl groups is 1. The SMILES string of the molecule is CC[C@@H](O)CN(Cc1ccc(F)cc1)C(=O)CN(C=O)c1ccc(Cl)cc1F. The standard InChI is InChI=1S/C20H21ClF2N2O3/c1-2-17(27)11-24(10-14-3-6-16(22)7-4-14)20(28)12-25(13-26)19-8-5-15(21)9-18(19)23/h3-9,13,17,27H,2,10-12H2,1H3/t17-/m1/s1. The molecule has 8 heteroatoms. The Morgan fingerprint density at radius 2 is 1.89 bits per heavy atom. The Morgan fingerprint density at radius 1 is 1.21 bits per heavy atom. The van der Waals surface area contributed by atoms with E-state index < -0.39 is 30.2 Å². The summed E-state index contributed by atoms with van der Waals surface area (Å²) in [6.07, 6.45) is 0.0220. The second kappa shape index (κ2) is 10.1. The lowest BCUT2D eigenvalue weighted by atomic mass is 10.2. The first-order valence-corrected chi connectivity index (χ1v) is 9.09. The molecule has 2 aromatic rings. The van der Waals surface area contributed by atoms with Gasteiger partial charge < -0.3 is 14.9 Å². The summed E-state index contributed by atoms with van der Waals surface area (Å²) in [5.74, 6) is -1.62. The highest BCUT2D eigenvalue weighted by Gasteiger charge is 2.22. The third-order valence-electron chi connectivity index (χ3n) is 4.19. The van der Waals surface area contributed by atoms with Gasteiger partial charge >= 0.3 is 0 Å². The lowest BCUT2D eigenvalue weighted by Crippen LogP contribution is -2.43. The topological polar surface area (TPSA) is 60.9 Å². The number of rotatable bonds is 9. The molecular weight excluding hydrogens is 390 g/mol. The average Bonchev–Trinajstić information content (AvgIpc) is 2.67. The fourth-order valence-electron chi connectivity index (χ4n) is 2.59. The molecule has 150 valence electrons. The molecule has 0 aliphatic carbocycles. The van der Waals surface area contributed by atoms with Crippen LogP contribution in [0.4, 0.5) is 14.5 Å². The van der Waals surface area contributed by atoms with E-state index in [-0.39, 0.29) is 23.8 Å². The zero-order valence-corrected chi connectivity index (χ0v) is 16.1. The van der Waals surface area contributed by atoms with Gasteiger partial charge in [-0.2, -0.15) is 0 Å². The molecule has 0 radical (unpaired) electrons. The van der Waals surface area contributed by atoms with Gasteiger partial charge in [-0.3, -0.25) is 9.59 Å². The number of halogens is 3. The van der Waals surface area contributed by atoms with Crippen molar-refractivity contribution in [1.29, 1.82) is 0 Å². The number of carbonyl (C=O) groups excluding carboxylic acids is 2. The average molecular weight is 411 g/mol. The summed E-state index contributed by atoms with van der Waals surface area (Å²) in [7, 11) is 0. The summed E-state index contributed by atoms with van der Waals surface area (Å²) in [6, 6.07) is 9.39. The monoisotopic (exact) mass is 410 g/mol. The number of hydrogen-bond donors (Lipinski definition) is 1. The first kappa shape index (κ1) is 21.8. The number of aliphatic hydroxyl groups excluding tert-OH is 1. The van der Waals surface area contributed by atoms with Crippen molar-refractivity contribution in [1.82, 2.24) is 4.90 Å². The van der Waals surface area contributed by atoms with Crippen molar-refractivity contribution in [2.24, 2.45) is 0 Å². The first-order valence-electron chi connectivity index (χ1n) is 8.71. The van der Waals surface area contributed by atoms with Gasteiger partial charge in [-0.15, -0.1) is 0 Å². The largest absolute Gasteiger partial charge is 0.391 e. The molecule has 0 aromatic heterocycles. The molecule has 0 heterocycles. The van der Waals surface area contributed by atoms with Gasteiger partial charge in [0.05, 0.1) is 11.8 Å². The van der Waals surface area contributed by atoms with Gasteiger partial charge in [0.1, 0.15) is 18.2 Å². The van der Waals surface area contributed by atoms with E-state index in [1.54, 1.807) is 6.92 Å². The lowest BCUT2D eigenvalue weighted by molar-refractivity contribution is -0.132. The Balaban J connectivity index is 2.19. The molecule has 28 heavy (non-hydrogen) atoms. The minimum absolute atomic E-state index is 0.0303. The van der Waals surface area contributed by atoms with Crippen molar-refractivity contribution in [2.45, 2.75) is 26.0 Å². The second-order valence-corrected chi connectivity index (χ2v) is 6.73. The van der Waals surface area contributed by atoms with Crippen LogP contribution in [0.25, 0.3) is 0 Å². The molecule has 1 N–H and O–H groups in total. The third kappa shape index (κ3) is 6.00. The van der Waals surface area contributed by atoms with Crippen LogP contribution < -0.4 is 4.90 Å². The van der Waals surface area contributed by atoms with Crippen LogP contribution in [0.3, 0.4) is 0 Å². The fourth-order valence-corrected chi connectivity index (χ4v) is 2.75. The molecule has 2 rings (SSSR count). The number of hydrogen-bond acceptors (Lipinski definition) is 3. The van der Waals surface area contributed by atoms with Crippen LogP contribution in [-0.4, -0.2) is 41.5 Å². The van der Waals surface area contributed by atoms with E-state index in [0.717, 1.165) is 11.0 Å². The summed E-state index contributed by atoms with van der Waals surface area (Å²) in [5.41, 5.74) is 0.582. The highest BCUT2D eigenvalue weighted by Crippen LogP contribution is 2.22. The molecule has 0 unspecified atom stereocenters. The molecule has 0 saturated carbocycles. The number of nitrogens with zero attached hydrogens (tertiary/aromatic N) is 2. The molecule has 0 aliphatic heterocycles. The van der Waals surface area contributed by atoms with Gasteiger partial charge in [-0.25, -0.2) is 8.78 Å². The van der Waals surface area contributed by atoms with Gasteiger partial charge in [0, 0.05) is 18.1 Å². The van der Waals surface area contributed by atoms with E-state index in [4.69, 9.17) is 11.6 Å². The van der Waals surface area contributed by atoms with Crippen LogP contribution in [0.15, 0.2) is 42.5 Å². The molecule has 0 saturated heterocycles. The van der Waals surface area contributed by atoms with Crippen molar-refractivity contribution in [2.75, 3.05) is 18.0 Å². The highest BCUT2D eigenvalue weighted by molar-refractivity contribution is 6.30. The quantitative estimate of drug-likeness (QED) is 0.645. The van der Waals surface area contributed by atoms with Crippen LogP contribution in [0, 0.1) is 11.6 Å². The summed E-state index contributed by atoms with van der Waals surface area (Å²) >= 11 is 5.72. The van der Waals surface area contributed by atoms with Gasteiger partial charge in [-0.05, 0) is 42.3 Å². The highest BCUT2D eigenvalue weighted by atomic mass is 35.5. The summed E-state index contributed by atoms with van der Waals surface area (Å²) < 4.78 is 27.2. The predicted octanol–water partition coefficient (Wildman–Crippen LogP) is 3.38. The minimum atomic E-state index is -0.763. The van der Waals surface area contributed by atoms with Crippen molar-refractivity contribution in [3.8, 4) is 0 Å². The van der Waals surface area contributed by atoms with E-state index in [2.05, 4.69) is 0 Å². The molecule has 0 bridgehead atoms. The van der Waals surface area contributed by atoms with Crippen LogP contribution in [0.1, 0.15) is 18.9 Å². The van der Waals surface area contributed by atoms with Gasteiger partial charge in [0.2, 0.25) is 12.3 Å². The first-order chi connectivity index (χ1) is 13.3. The normalized spacial score (nSPS) is 11.8. The van der Waals surface area contributed by atoms with Crippen molar-refractivity contribution in [3.63, 3.8) is 0 Å².